The smallest absolute Gasteiger partial charge is 0.161 e. The van der Waals surface area contributed by atoms with Crippen molar-refractivity contribution >= 4 is 34.2 Å². The number of rotatable bonds is 2. The van der Waals surface area contributed by atoms with Crippen LogP contribution in [-0.4, -0.2) is 17.0 Å². The topological polar surface area (TPSA) is 24.4 Å². The van der Waals surface area contributed by atoms with Crippen molar-refractivity contribution < 1.29 is 0 Å². The Bertz CT molecular complexity index is 443. The van der Waals surface area contributed by atoms with E-state index in [9.17, 15) is 0 Å². The van der Waals surface area contributed by atoms with Crippen molar-refractivity contribution in [3.8, 4) is 0 Å². The van der Waals surface area contributed by atoms with Gasteiger partial charge in [0.1, 0.15) is 0 Å². The number of halogens is 1. The van der Waals surface area contributed by atoms with Crippen LogP contribution in [0.25, 0.3) is 0 Å². The van der Waals surface area contributed by atoms with E-state index in [0.717, 1.165) is 22.4 Å². The summed E-state index contributed by atoms with van der Waals surface area (Å²) in [5, 5.41) is 5.72. The molecule has 4 heteroatoms. The first-order valence-electron chi connectivity index (χ1n) is 5.80. The third-order valence-electron chi connectivity index (χ3n) is 2.86. The molecule has 1 heterocycles. The SMILES string of the molecule is Cc1ccc(Cl)cc1NC1=NCC(C(C)C)S1. The highest BCUT2D eigenvalue weighted by molar-refractivity contribution is 8.15. The summed E-state index contributed by atoms with van der Waals surface area (Å²) in [7, 11) is 0. The molecule has 1 unspecified atom stereocenters. The molecule has 0 fully saturated rings. The van der Waals surface area contributed by atoms with Crippen LogP contribution in [0.1, 0.15) is 19.4 Å². The maximum Gasteiger partial charge on any atom is 0.161 e. The summed E-state index contributed by atoms with van der Waals surface area (Å²) in [5.41, 5.74) is 2.24. The molecule has 1 aromatic rings. The first-order chi connectivity index (χ1) is 8.06. The van der Waals surface area contributed by atoms with Crippen molar-refractivity contribution in [1.82, 2.24) is 0 Å². The summed E-state index contributed by atoms with van der Waals surface area (Å²) < 4.78 is 0. The van der Waals surface area contributed by atoms with Gasteiger partial charge in [0.25, 0.3) is 0 Å². The van der Waals surface area contributed by atoms with Gasteiger partial charge in [0.2, 0.25) is 0 Å². The number of hydrogen-bond donors (Lipinski definition) is 1. The van der Waals surface area contributed by atoms with E-state index in [4.69, 9.17) is 11.6 Å². The predicted octanol–water partition coefficient (Wildman–Crippen LogP) is 4.19. The van der Waals surface area contributed by atoms with E-state index >= 15 is 0 Å². The molecule has 0 radical (unpaired) electrons. The highest BCUT2D eigenvalue weighted by Gasteiger charge is 2.22. The Morgan fingerprint density at radius 3 is 2.88 bits per heavy atom. The lowest BCUT2D eigenvalue weighted by Crippen LogP contribution is -2.13. The Morgan fingerprint density at radius 1 is 1.47 bits per heavy atom. The molecule has 92 valence electrons. The lowest BCUT2D eigenvalue weighted by atomic mass is 10.1. The second-order valence-electron chi connectivity index (χ2n) is 4.63. The van der Waals surface area contributed by atoms with Gasteiger partial charge in [-0.2, -0.15) is 0 Å². The van der Waals surface area contributed by atoms with E-state index < -0.39 is 0 Å². The van der Waals surface area contributed by atoms with Gasteiger partial charge >= 0.3 is 0 Å². The van der Waals surface area contributed by atoms with Gasteiger partial charge in [-0.15, -0.1) is 0 Å². The molecule has 1 aliphatic heterocycles. The molecule has 2 nitrogen and oxygen atoms in total. The van der Waals surface area contributed by atoms with Gasteiger partial charge in [0.05, 0.1) is 6.54 Å². The maximum atomic E-state index is 5.99. The quantitative estimate of drug-likeness (QED) is 0.870. The van der Waals surface area contributed by atoms with Crippen LogP contribution in [0.4, 0.5) is 5.69 Å². The third kappa shape index (κ3) is 3.17. The number of thioether (sulfide) groups is 1. The largest absolute Gasteiger partial charge is 0.335 e. The van der Waals surface area contributed by atoms with Crippen LogP contribution >= 0.6 is 23.4 Å². The molecule has 0 aliphatic carbocycles. The Balaban J connectivity index is 2.05. The van der Waals surface area contributed by atoms with Gasteiger partial charge in [-0.3, -0.25) is 4.99 Å². The molecule has 1 N–H and O–H groups in total. The van der Waals surface area contributed by atoms with E-state index in [1.165, 1.54) is 5.56 Å². The van der Waals surface area contributed by atoms with Crippen LogP contribution in [0.15, 0.2) is 23.2 Å². The molecule has 1 aromatic carbocycles. The van der Waals surface area contributed by atoms with E-state index in [2.05, 4.69) is 31.1 Å². The molecular weight excluding hydrogens is 252 g/mol. The number of amidine groups is 1. The van der Waals surface area contributed by atoms with E-state index in [1.54, 1.807) is 0 Å². The normalized spacial score (nSPS) is 19.6. The molecule has 1 atom stereocenters. The molecule has 0 spiro atoms. The summed E-state index contributed by atoms with van der Waals surface area (Å²) in [6.07, 6.45) is 0. The minimum absolute atomic E-state index is 0.594. The molecular formula is C13H17ClN2S. The van der Waals surface area contributed by atoms with Crippen molar-refractivity contribution in [3.63, 3.8) is 0 Å². The van der Waals surface area contributed by atoms with Crippen LogP contribution in [0, 0.1) is 12.8 Å². The monoisotopic (exact) mass is 268 g/mol. The molecule has 0 amide bonds. The Hall–Kier alpha value is -0.670. The number of nitrogens with one attached hydrogen (secondary N) is 1. The van der Waals surface area contributed by atoms with Gasteiger partial charge in [0, 0.05) is 16.0 Å². The average Bonchev–Trinajstić information content (AvgIpc) is 2.72. The molecule has 0 aromatic heterocycles. The second-order valence-corrected chi connectivity index (χ2v) is 6.29. The molecule has 0 saturated carbocycles. The first kappa shape index (κ1) is 12.8. The molecule has 0 saturated heterocycles. The minimum Gasteiger partial charge on any atom is -0.335 e. The molecule has 17 heavy (non-hydrogen) atoms. The van der Waals surface area contributed by atoms with Crippen LogP contribution < -0.4 is 5.32 Å². The van der Waals surface area contributed by atoms with Gasteiger partial charge in [-0.05, 0) is 30.5 Å². The number of nitrogens with zero attached hydrogens (tertiary/aromatic N) is 1. The molecule has 2 rings (SSSR count). The third-order valence-corrected chi connectivity index (χ3v) is 4.55. The highest BCUT2D eigenvalue weighted by Crippen LogP contribution is 2.29. The van der Waals surface area contributed by atoms with Crippen molar-refractivity contribution in [1.29, 1.82) is 0 Å². The standard InChI is InChI=1S/C13H17ClN2S/c1-8(2)12-7-15-13(17-12)16-11-6-10(14)5-4-9(11)3/h4-6,8,12H,7H2,1-3H3,(H,15,16). The first-order valence-corrected chi connectivity index (χ1v) is 7.06. The number of benzene rings is 1. The van der Waals surface area contributed by atoms with Crippen molar-refractivity contribution in [2.24, 2.45) is 10.9 Å². The lowest BCUT2D eigenvalue weighted by molar-refractivity contribution is 0.621. The summed E-state index contributed by atoms with van der Waals surface area (Å²) in [5.74, 6) is 0.656. The van der Waals surface area contributed by atoms with E-state index in [-0.39, 0.29) is 0 Å². The van der Waals surface area contributed by atoms with Crippen LogP contribution in [0.5, 0.6) is 0 Å². The fourth-order valence-corrected chi connectivity index (χ4v) is 2.85. The van der Waals surface area contributed by atoms with Crippen molar-refractivity contribution in [2.75, 3.05) is 11.9 Å². The maximum absolute atomic E-state index is 5.99. The van der Waals surface area contributed by atoms with E-state index in [0.29, 0.717) is 11.2 Å². The number of anilines is 1. The Kier molecular flexibility index (Phi) is 4.00. The van der Waals surface area contributed by atoms with Crippen molar-refractivity contribution in [3.05, 3.63) is 28.8 Å². The fourth-order valence-electron chi connectivity index (χ4n) is 1.65. The number of hydrogen-bond acceptors (Lipinski definition) is 3. The average molecular weight is 269 g/mol. The zero-order valence-electron chi connectivity index (χ0n) is 10.3. The fraction of sp³-hybridized carbons (Fsp3) is 0.462. The Morgan fingerprint density at radius 2 is 2.24 bits per heavy atom. The summed E-state index contributed by atoms with van der Waals surface area (Å²) in [6, 6.07) is 5.87. The summed E-state index contributed by atoms with van der Waals surface area (Å²) >= 11 is 7.82. The van der Waals surface area contributed by atoms with Gasteiger partial charge in [0.15, 0.2) is 5.17 Å². The van der Waals surface area contributed by atoms with Crippen LogP contribution in [-0.2, 0) is 0 Å². The lowest BCUT2D eigenvalue weighted by Gasteiger charge is -2.13. The van der Waals surface area contributed by atoms with Crippen LogP contribution in [0.2, 0.25) is 5.02 Å². The highest BCUT2D eigenvalue weighted by atomic mass is 35.5. The molecule has 1 aliphatic rings. The van der Waals surface area contributed by atoms with E-state index in [1.807, 2.05) is 30.0 Å². The van der Waals surface area contributed by atoms with Gasteiger partial charge in [-0.25, -0.2) is 0 Å². The predicted molar refractivity (Wildman–Crippen MR) is 78.3 cm³/mol. The number of aliphatic imine (C=N–C) groups is 1. The van der Waals surface area contributed by atoms with Crippen LogP contribution in [0.3, 0.4) is 0 Å². The molecule has 0 bridgehead atoms. The zero-order valence-corrected chi connectivity index (χ0v) is 11.9. The zero-order chi connectivity index (χ0) is 12.4. The summed E-state index contributed by atoms with van der Waals surface area (Å²) in [6.45, 7) is 7.45. The number of aryl methyl sites for hydroxylation is 1. The summed E-state index contributed by atoms with van der Waals surface area (Å²) in [4.78, 5) is 4.53. The van der Waals surface area contributed by atoms with Gasteiger partial charge in [-0.1, -0.05) is 43.3 Å². The van der Waals surface area contributed by atoms with Gasteiger partial charge < -0.3 is 5.32 Å². The minimum atomic E-state index is 0.594. The Labute approximate surface area is 112 Å². The van der Waals surface area contributed by atoms with Crippen molar-refractivity contribution in [2.45, 2.75) is 26.0 Å². The second kappa shape index (κ2) is 5.32.